The maximum absolute atomic E-state index is 11.0. The van der Waals surface area contributed by atoms with Crippen molar-refractivity contribution in [1.29, 1.82) is 0 Å². The van der Waals surface area contributed by atoms with Crippen molar-refractivity contribution >= 4 is 17.3 Å². The maximum atomic E-state index is 11.0. The van der Waals surface area contributed by atoms with Gasteiger partial charge < -0.3 is 9.84 Å². The van der Waals surface area contributed by atoms with Crippen LogP contribution in [-0.2, 0) is 13.2 Å². The normalized spacial score (nSPS) is 10.3. The number of benzene rings is 2. The molecular formula is C14H12ClNO4. The number of nitro groups is 1. The predicted molar refractivity (Wildman–Crippen MR) is 74.8 cm³/mol. The van der Waals surface area contributed by atoms with Crippen LogP contribution < -0.4 is 4.74 Å². The fourth-order valence-electron chi connectivity index (χ4n) is 1.67. The van der Waals surface area contributed by atoms with Gasteiger partial charge in [0.05, 0.1) is 11.5 Å². The minimum atomic E-state index is -0.531. The highest BCUT2D eigenvalue weighted by molar-refractivity contribution is 6.30. The molecule has 6 heteroatoms. The molecular weight excluding hydrogens is 282 g/mol. The zero-order chi connectivity index (χ0) is 14.5. The lowest BCUT2D eigenvalue weighted by molar-refractivity contribution is -0.386. The number of nitrogens with zero attached hydrogens (tertiary/aromatic N) is 1. The Hall–Kier alpha value is -2.11. The maximum Gasteiger partial charge on any atom is 0.311 e. The number of aliphatic hydroxyl groups excluding tert-OH is 1. The molecule has 2 aromatic rings. The van der Waals surface area contributed by atoms with Gasteiger partial charge in [-0.1, -0.05) is 29.8 Å². The van der Waals surface area contributed by atoms with Gasteiger partial charge in [0.25, 0.3) is 0 Å². The molecule has 0 aliphatic heterocycles. The Labute approximate surface area is 120 Å². The quantitative estimate of drug-likeness (QED) is 0.678. The summed E-state index contributed by atoms with van der Waals surface area (Å²) < 4.78 is 5.46. The third kappa shape index (κ3) is 3.46. The highest BCUT2D eigenvalue weighted by Crippen LogP contribution is 2.28. The Bertz CT molecular complexity index is 613. The molecule has 2 rings (SSSR count). The molecule has 0 aliphatic rings. The molecule has 0 atom stereocenters. The van der Waals surface area contributed by atoms with Crippen molar-refractivity contribution in [2.24, 2.45) is 0 Å². The van der Waals surface area contributed by atoms with Gasteiger partial charge in [0.2, 0.25) is 0 Å². The summed E-state index contributed by atoms with van der Waals surface area (Å²) in [6, 6.07) is 11.4. The summed E-state index contributed by atoms with van der Waals surface area (Å²) in [5, 5.41) is 20.6. The first-order valence-corrected chi connectivity index (χ1v) is 6.23. The first-order valence-electron chi connectivity index (χ1n) is 5.85. The van der Waals surface area contributed by atoms with Crippen molar-refractivity contribution in [3.05, 3.63) is 68.7 Å². The highest BCUT2D eigenvalue weighted by Gasteiger charge is 2.15. The molecule has 0 amide bonds. The van der Waals surface area contributed by atoms with Gasteiger partial charge >= 0.3 is 5.69 Å². The lowest BCUT2D eigenvalue weighted by Gasteiger charge is -2.08. The Morgan fingerprint density at radius 3 is 2.40 bits per heavy atom. The minimum Gasteiger partial charge on any atom is -0.482 e. The van der Waals surface area contributed by atoms with E-state index >= 15 is 0 Å². The van der Waals surface area contributed by atoms with E-state index in [0.717, 1.165) is 5.56 Å². The summed E-state index contributed by atoms with van der Waals surface area (Å²) in [4.78, 5) is 10.4. The topological polar surface area (TPSA) is 72.6 Å². The zero-order valence-electron chi connectivity index (χ0n) is 10.5. The second-order valence-electron chi connectivity index (χ2n) is 4.13. The van der Waals surface area contributed by atoms with Crippen molar-refractivity contribution in [3.63, 3.8) is 0 Å². The van der Waals surface area contributed by atoms with Gasteiger partial charge in [-0.05, 0) is 29.3 Å². The van der Waals surface area contributed by atoms with Crippen molar-refractivity contribution < 1.29 is 14.8 Å². The van der Waals surface area contributed by atoms with Gasteiger partial charge in [-0.15, -0.1) is 0 Å². The lowest BCUT2D eigenvalue weighted by Crippen LogP contribution is -2.00. The van der Waals surface area contributed by atoms with Gasteiger partial charge in [0, 0.05) is 11.1 Å². The molecule has 0 aliphatic carbocycles. The molecule has 0 unspecified atom stereocenters. The number of nitro benzene ring substituents is 1. The van der Waals surface area contributed by atoms with E-state index in [1.54, 1.807) is 30.3 Å². The van der Waals surface area contributed by atoms with E-state index in [2.05, 4.69) is 0 Å². The molecule has 0 spiro atoms. The molecule has 20 heavy (non-hydrogen) atoms. The Balaban J connectivity index is 2.16. The SMILES string of the molecule is O=[N+]([O-])c1cc(CO)ccc1OCc1ccc(Cl)cc1. The monoisotopic (exact) mass is 293 g/mol. The van der Waals surface area contributed by atoms with Crippen LogP contribution in [0.5, 0.6) is 5.75 Å². The number of hydrogen-bond acceptors (Lipinski definition) is 4. The molecule has 104 valence electrons. The first kappa shape index (κ1) is 14.3. The van der Waals surface area contributed by atoms with Gasteiger partial charge in [0.1, 0.15) is 6.61 Å². The smallest absolute Gasteiger partial charge is 0.311 e. The molecule has 0 bridgehead atoms. The molecule has 5 nitrogen and oxygen atoms in total. The van der Waals surface area contributed by atoms with Crippen LogP contribution in [0, 0.1) is 10.1 Å². The standard InChI is InChI=1S/C14H12ClNO4/c15-12-4-1-10(2-5-12)9-20-14-6-3-11(8-17)7-13(14)16(18)19/h1-7,17H,8-9H2. The third-order valence-corrected chi connectivity index (χ3v) is 2.96. The summed E-state index contributed by atoms with van der Waals surface area (Å²) in [6.45, 7) is -0.0468. The summed E-state index contributed by atoms with van der Waals surface area (Å²) >= 11 is 5.78. The summed E-state index contributed by atoms with van der Waals surface area (Å²) in [5.41, 5.74) is 1.16. The average molecular weight is 294 g/mol. The van der Waals surface area contributed by atoms with Crippen LogP contribution in [0.2, 0.25) is 5.02 Å². The number of aliphatic hydroxyl groups is 1. The molecule has 0 radical (unpaired) electrons. The van der Waals surface area contributed by atoms with Crippen LogP contribution in [0.3, 0.4) is 0 Å². The second-order valence-corrected chi connectivity index (χ2v) is 4.57. The largest absolute Gasteiger partial charge is 0.482 e. The Kier molecular flexibility index (Phi) is 4.55. The van der Waals surface area contributed by atoms with E-state index < -0.39 is 4.92 Å². The third-order valence-electron chi connectivity index (χ3n) is 2.71. The molecule has 0 aromatic heterocycles. The summed E-state index contributed by atoms with van der Waals surface area (Å²) in [7, 11) is 0. The molecule has 0 saturated carbocycles. The van der Waals surface area contributed by atoms with Gasteiger partial charge in [-0.2, -0.15) is 0 Å². The molecule has 2 aromatic carbocycles. The van der Waals surface area contributed by atoms with Crippen LogP contribution in [0.25, 0.3) is 0 Å². The van der Waals surface area contributed by atoms with Gasteiger partial charge in [-0.3, -0.25) is 10.1 Å². The number of hydrogen-bond donors (Lipinski definition) is 1. The van der Waals surface area contributed by atoms with Crippen LogP contribution in [0.1, 0.15) is 11.1 Å². The molecule has 1 N–H and O–H groups in total. The van der Waals surface area contributed by atoms with Crippen molar-refractivity contribution in [2.45, 2.75) is 13.2 Å². The van der Waals surface area contributed by atoms with Gasteiger partial charge in [0.15, 0.2) is 5.75 Å². The fraction of sp³-hybridized carbons (Fsp3) is 0.143. The second kappa shape index (κ2) is 6.36. The number of rotatable bonds is 5. The van der Waals surface area contributed by atoms with Crippen LogP contribution in [0.15, 0.2) is 42.5 Å². The van der Waals surface area contributed by atoms with E-state index in [9.17, 15) is 10.1 Å². The van der Waals surface area contributed by atoms with Crippen molar-refractivity contribution in [2.75, 3.05) is 0 Å². The van der Waals surface area contributed by atoms with E-state index in [-0.39, 0.29) is 24.7 Å². The number of halogens is 1. The Morgan fingerprint density at radius 1 is 1.15 bits per heavy atom. The minimum absolute atomic E-state index is 0.162. The molecule has 0 saturated heterocycles. The van der Waals surface area contributed by atoms with E-state index in [1.165, 1.54) is 12.1 Å². The summed E-state index contributed by atoms with van der Waals surface area (Å²) in [5.74, 6) is 0.169. The summed E-state index contributed by atoms with van der Waals surface area (Å²) in [6.07, 6.45) is 0. The van der Waals surface area contributed by atoms with Crippen LogP contribution >= 0.6 is 11.6 Å². The van der Waals surface area contributed by atoms with Crippen LogP contribution in [-0.4, -0.2) is 10.0 Å². The fourth-order valence-corrected chi connectivity index (χ4v) is 1.79. The number of ether oxygens (including phenoxy) is 1. The average Bonchev–Trinajstić information content (AvgIpc) is 2.46. The highest BCUT2D eigenvalue weighted by atomic mass is 35.5. The first-order chi connectivity index (χ1) is 9.60. The van der Waals surface area contributed by atoms with Crippen LogP contribution in [0.4, 0.5) is 5.69 Å². The Morgan fingerprint density at radius 2 is 1.80 bits per heavy atom. The van der Waals surface area contributed by atoms with E-state index in [0.29, 0.717) is 10.6 Å². The molecule has 0 fully saturated rings. The zero-order valence-corrected chi connectivity index (χ0v) is 11.2. The van der Waals surface area contributed by atoms with Crippen molar-refractivity contribution in [3.8, 4) is 5.75 Å². The molecule has 0 heterocycles. The van der Waals surface area contributed by atoms with Crippen molar-refractivity contribution in [1.82, 2.24) is 0 Å². The van der Waals surface area contributed by atoms with E-state index in [1.807, 2.05) is 0 Å². The van der Waals surface area contributed by atoms with Gasteiger partial charge in [-0.25, -0.2) is 0 Å². The predicted octanol–water partition coefficient (Wildman–Crippen LogP) is 3.32. The van der Waals surface area contributed by atoms with E-state index in [4.69, 9.17) is 21.4 Å². The lowest BCUT2D eigenvalue weighted by atomic mass is 10.2.